The first kappa shape index (κ1) is 30.6. The molecule has 0 aliphatic heterocycles. The molecule has 0 saturated heterocycles. The maximum atomic E-state index is 6.65. The highest BCUT2D eigenvalue weighted by molar-refractivity contribution is 6.19. The van der Waals surface area contributed by atoms with Gasteiger partial charge in [-0.15, -0.1) is 0 Å². The first-order valence-corrected chi connectivity index (χ1v) is 17.8. The molecule has 0 N–H and O–H groups in total. The molecule has 0 saturated carbocycles. The normalized spacial score (nSPS) is 11.4. The Labute approximate surface area is 306 Å². The molecular weight excluding hydrogens is 647 g/mol. The van der Waals surface area contributed by atoms with Gasteiger partial charge >= 0.3 is 0 Å². The molecule has 248 valence electrons. The third kappa shape index (κ3) is 5.63. The molecule has 0 bridgehead atoms. The molecule has 2 heterocycles. The van der Waals surface area contributed by atoms with Gasteiger partial charge in [-0.2, -0.15) is 0 Å². The van der Waals surface area contributed by atoms with E-state index in [4.69, 9.17) is 19.4 Å². The lowest BCUT2D eigenvalue weighted by atomic mass is 9.95. The molecule has 0 radical (unpaired) electrons. The standard InChI is InChI=1S/C49H31N3O/c1-4-13-33(14-5-1)43-31-44-41-28-27-39(30-45(41)53-46(44)42-22-11-10-21-40(42)43)38-20-12-19-37(29-38)32-23-25-36(26-24-32)49-51-47(34-15-6-2-7-16-34)50-48(52-49)35-17-8-3-9-18-35/h1-31H. The van der Waals surface area contributed by atoms with Crippen LogP contribution in [-0.2, 0) is 0 Å². The number of furan rings is 1. The van der Waals surface area contributed by atoms with Crippen LogP contribution in [0.5, 0.6) is 0 Å². The summed E-state index contributed by atoms with van der Waals surface area (Å²) in [5.41, 5.74) is 11.5. The Morgan fingerprint density at radius 1 is 0.283 bits per heavy atom. The maximum absolute atomic E-state index is 6.65. The third-order valence-electron chi connectivity index (χ3n) is 9.94. The van der Waals surface area contributed by atoms with E-state index in [1.54, 1.807) is 0 Å². The van der Waals surface area contributed by atoms with Crippen molar-refractivity contribution in [2.45, 2.75) is 0 Å². The average Bonchev–Trinajstić information content (AvgIpc) is 3.62. The predicted octanol–water partition coefficient (Wildman–Crippen LogP) is 12.9. The Hall–Kier alpha value is -7.17. The number of rotatable bonds is 6. The summed E-state index contributed by atoms with van der Waals surface area (Å²) in [6.45, 7) is 0. The zero-order chi connectivity index (χ0) is 35.1. The highest BCUT2D eigenvalue weighted by atomic mass is 16.3. The van der Waals surface area contributed by atoms with Gasteiger partial charge in [-0.05, 0) is 63.0 Å². The van der Waals surface area contributed by atoms with E-state index < -0.39 is 0 Å². The molecule has 0 fully saturated rings. The lowest BCUT2D eigenvalue weighted by molar-refractivity contribution is 0.673. The lowest BCUT2D eigenvalue weighted by Gasteiger charge is -2.10. The van der Waals surface area contributed by atoms with Crippen molar-refractivity contribution in [1.29, 1.82) is 0 Å². The third-order valence-corrected chi connectivity index (χ3v) is 9.94. The quantitative estimate of drug-likeness (QED) is 0.176. The molecule has 4 heteroatoms. The van der Waals surface area contributed by atoms with Gasteiger partial charge in [-0.3, -0.25) is 0 Å². The molecule has 0 amide bonds. The largest absolute Gasteiger partial charge is 0.455 e. The second-order valence-corrected chi connectivity index (χ2v) is 13.2. The lowest BCUT2D eigenvalue weighted by Crippen LogP contribution is -2.00. The number of fused-ring (bicyclic) bond motifs is 5. The van der Waals surface area contributed by atoms with Crippen molar-refractivity contribution in [3.05, 3.63) is 188 Å². The Bertz CT molecular complexity index is 2860. The van der Waals surface area contributed by atoms with E-state index >= 15 is 0 Å². The molecule has 0 aliphatic rings. The van der Waals surface area contributed by atoms with Crippen LogP contribution in [0.4, 0.5) is 0 Å². The Balaban J connectivity index is 1.00. The van der Waals surface area contributed by atoms with Gasteiger partial charge in [0.2, 0.25) is 0 Å². The van der Waals surface area contributed by atoms with Crippen molar-refractivity contribution in [2.75, 3.05) is 0 Å². The van der Waals surface area contributed by atoms with Gasteiger partial charge in [-0.1, -0.05) is 164 Å². The van der Waals surface area contributed by atoms with E-state index in [9.17, 15) is 0 Å². The second kappa shape index (κ2) is 12.9. The van der Waals surface area contributed by atoms with E-state index in [0.29, 0.717) is 17.5 Å². The summed E-state index contributed by atoms with van der Waals surface area (Å²) in [4.78, 5) is 14.6. The van der Waals surface area contributed by atoms with Crippen molar-refractivity contribution in [3.63, 3.8) is 0 Å². The fourth-order valence-electron chi connectivity index (χ4n) is 7.26. The number of aromatic nitrogens is 3. The molecule has 2 aromatic heterocycles. The van der Waals surface area contributed by atoms with Crippen molar-refractivity contribution in [3.8, 4) is 67.5 Å². The maximum Gasteiger partial charge on any atom is 0.164 e. The predicted molar refractivity (Wildman–Crippen MR) is 217 cm³/mol. The highest BCUT2D eigenvalue weighted by Gasteiger charge is 2.16. The molecule has 8 aromatic carbocycles. The minimum atomic E-state index is 0.640. The van der Waals surface area contributed by atoms with Gasteiger partial charge in [0.1, 0.15) is 11.2 Å². The van der Waals surface area contributed by atoms with Gasteiger partial charge in [0, 0.05) is 32.8 Å². The molecular formula is C49H31N3O. The Morgan fingerprint density at radius 2 is 0.736 bits per heavy atom. The van der Waals surface area contributed by atoms with Gasteiger partial charge in [-0.25, -0.2) is 15.0 Å². The monoisotopic (exact) mass is 677 g/mol. The van der Waals surface area contributed by atoms with E-state index in [2.05, 4.69) is 127 Å². The molecule has 10 rings (SSSR count). The van der Waals surface area contributed by atoms with Crippen LogP contribution >= 0.6 is 0 Å². The number of hydrogen-bond acceptors (Lipinski definition) is 4. The van der Waals surface area contributed by atoms with E-state index in [1.807, 2.05) is 60.7 Å². The van der Waals surface area contributed by atoms with Crippen LogP contribution in [0.2, 0.25) is 0 Å². The summed E-state index contributed by atoms with van der Waals surface area (Å²) >= 11 is 0. The van der Waals surface area contributed by atoms with Crippen molar-refractivity contribution in [1.82, 2.24) is 15.0 Å². The van der Waals surface area contributed by atoms with Crippen molar-refractivity contribution >= 4 is 32.7 Å². The summed E-state index contributed by atoms with van der Waals surface area (Å²) in [6.07, 6.45) is 0. The van der Waals surface area contributed by atoms with Crippen molar-refractivity contribution in [2.24, 2.45) is 0 Å². The van der Waals surface area contributed by atoms with Crippen LogP contribution in [0.3, 0.4) is 0 Å². The average molecular weight is 678 g/mol. The SMILES string of the molecule is c1ccc(-c2nc(-c3ccccc3)nc(-c3ccc(-c4cccc(-c5ccc6c(c5)oc5c7ccccc7c(-c7ccccc7)cc65)c4)cc3)n2)cc1. The second-order valence-electron chi connectivity index (χ2n) is 13.2. The summed E-state index contributed by atoms with van der Waals surface area (Å²) in [6, 6.07) is 65.2. The first-order valence-electron chi connectivity index (χ1n) is 17.8. The van der Waals surface area contributed by atoms with Crippen LogP contribution in [0.25, 0.3) is 100 Å². The first-order chi connectivity index (χ1) is 26.2. The van der Waals surface area contributed by atoms with Gasteiger partial charge in [0.05, 0.1) is 0 Å². The summed E-state index contributed by atoms with van der Waals surface area (Å²) in [7, 11) is 0. The van der Waals surface area contributed by atoms with E-state index in [-0.39, 0.29) is 0 Å². The topological polar surface area (TPSA) is 51.8 Å². The molecule has 0 atom stereocenters. The van der Waals surface area contributed by atoms with Gasteiger partial charge in [0.15, 0.2) is 17.5 Å². The van der Waals surface area contributed by atoms with Gasteiger partial charge in [0.25, 0.3) is 0 Å². The summed E-state index contributed by atoms with van der Waals surface area (Å²) in [5.74, 6) is 1.94. The fourth-order valence-corrected chi connectivity index (χ4v) is 7.26. The molecule has 0 aliphatic carbocycles. The minimum absolute atomic E-state index is 0.640. The molecule has 0 spiro atoms. The van der Waals surface area contributed by atoms with Crippen LogP contribution in [-0.4, -0.2) is 15.0 Å². The number of hydrogen-bond donors (Lipinski definition) is 0. The highest BCUT2D eigenvalue weighted by Crippen LogP contribution is 2.41. The van der Waals surface area contributed by atoms with Crippen molar-refractivity contribution < 1.29 is 4.42 Å². The molecule has 10 aromatic rings. The Kier molecular flexibility index (Phi) is 7.43. The van der Waals surface area contributed by atoms with Crippen LogP contribution in [0.15, 0.2) is 192 Å². The van der Waals surface area contributed by atoms with E-state index in [1.165, 1.54) is 16.5 Å². The van der Waals surface area contributed by atoms with E-state index in [0.717, 1.165) is 66.3 Å². The Morgan fingerprint density at radius 3 is 1.36 bits per heavy atom. The summed E-state index contributed by atoms with van der Waals surface area (Å²) in [5, 5.41) is 4.55. The van der Waals surface area contributed by atoms with Crippen LogP contribution in [0, 0.1) is 0 Å². The number of benzene rings is 8. The summed E-state index contributed by atoms with van der Waals surface area (Å²) < 4.78 is 6.65. The smallest absolute Gasteiger partial charge is 0.164 e. The molecule has 0 unspecified atom stereocenters. The van der Waals surface area contributed by atoms with Crippen LogP contribution in [0.1, 0.15) is 0 Å². The molecule has 53 heavy (non-hydrogen) atoms. The fraction of sp³-hybridized carbons (Fsp3) is 0. The van der Waals surface area contributed by atoms with Crippen LogP contribution < -0.4 is 0 Å². The number of nitrogens with zero attached hydrogens (tertiary/aromatic N) is 3. The molecule has 4 nitrogen and oxygen atoms in total. The zero-order valence-corrected chi connectivity index (χ0v) is 28.6. The zero-order valence-electron chi connectivity index (χ0n) is 28.6. The van der Waals surface area contributed by atoms with Gasteiger partial charge < -0.3 is 4.42 Å². The minimum Gasteiger partial charge on any atom is -0.455 e.